The van der Waals surface area contributed by atoms with Gasteiger partial charge in [-0.05, 0) is 23.8 Å². The van der Waals surface area contributed by atoms with Crippen LogP contribution in [-0.2, 0) is 11.3 Å². The molecule has 0 radical (unpaired) electrons. The molecule has 0 bridgehead atoms. The lowest BCUT2D eigenvalue weighted by Crippen LogP contribution is -2.55. The smallest absolute Gasteiger partial charge is 0.256 e. The van der Waals surface area contributed by atoms with Crippen molar-refractivity contribution in [2.45, 2.75) is 6.54 Å². The van der Waals surface area contributed by atoms with Gasteiger partial charge < -0.3 is 15.2 Å². The predicted molar refractivity (Wildman–Crippen MR) is 101 cm³/mol. The molecule has 5 nitrogen and oxygen atoms in total. The number of benzene rings is 2. The summed E-state index contributed by atoms with van der Waals surface area (Å²) in [4.78, 5) is 29.7. The maximum absolute atomic E-state index is 12.6. The minimum Gasteiger partial charge on any atom is -0.360 e. The van der Waals surface area contributed by atoms with Gasteiger partial charge in [-0.2, -0.15) is 0 Å². The molecule has 1 aliphatic rings. The number of aromatic nitrogens is 1. The Morgan fingerprint density at radius 2 is 1.85 bits per heavy atom. The third kappa shape index (κ3) is 3.18. The minimum atomic E-state index is -0.156. The summed E-state index contributed by atoms with van der Waals surface area (Å²) in [7, 11) is 0. The number of carbonyl (C=O) groups excluding carboxylic acids is 2. The van der Waals surface area contributed by atoms with Gasteiger partial charge in [0.25, 0.3) is 5.91 Å². The molecule has 2 amide bonds. The zero-order valence-electron chi connectivity index (χ0n) is 14.0. The molecule has 2 aromatic carbocycles. The summed E-state index contributed by atoms with van der Waals surface area (Å²) in [6, 6.07) is 15.1. The normalized spacial score (nSPS) is 14.3. The van der Waals surface area contributed by atoms with E-state index in [1.54, 1.807) is 23.2 Å². The van der Waals surface area contributed by atoms with Crippen LogP contribution in [-0.4, -0.2) is 34.8 Å². The Hall–Kier alpha value is -2.79. The van der Waals surface area contributed by atoms with E-state index < -0.39 is 0 Å². The highest BCUT2D eigenvalue weighted by atomic mass is 35.5. The number of aromatic amines is 1. The highest BCUT2D eigenvalue weighted by molar-refractivity contribution is 6.30. The van der Waals surface area contributed by atoms with Crippen LogP contribution in [0.25, 0.3) is 10.9 Å². The fourth-order valence-corrected chi connectivity index (χ4v) is 3.29. The maximum Gasteiger partial charge on any atom is 0.256 e. The average molecular weight is 368 g/mol. The molecule has 1 aromatic heterocycles. The minimum absolute atomic E-state index is 0.0251. The molecule has 2 N–H and O–H groups in total. The molecule has 1 aliphatic heterocycles. The average Bonchev–Trinajstić information content (AvgIpc) is 3.04. The summed E-state index contributed by atoms with van der Waals surface area (Å²) in [5.74, 6) is -0.219. The van der Waals surface area contributed by atoms with E-state index in [-0.39, 0.29) is 17.7 Å². The number of nitrogens with one attached hydrogen (secondary N) is 2. The zero-order chi connectivity index (χ0) is 18.1. The molecule has 6 heteroatoms. The van der Waals surface area contributed by atoms with E-state index in [9.17, 15) is 9.59 Å². The number of halogens is 1. The number of carbonyl (C=O) groups is 2. The van der Waals surface area contributed by atoms with Crippen LogP contribution in [0.1, 0.15) is 15.9 Å². The molecular formula is C20H18ClN3O2. The van der Waals surface area contributed by atoms with Gasteiger partial charge in [0.15, 0.2) is 0 Å². The summed E-state index contributed by atoms with van der Waals surface area (Å²) < 4.78 is 0. The molecule has 0 atom stereocenters. The van der Waals surface area contributed by atoms with Crippen LogP contribution in [0.3, 0.4) is 0 Å². The Morgan fingerprint density at radius 1 is 1.12 bits per heavy atom. The van der Waals surface area contributed by atoms with Gasteiger partial charge in [0.1, 0.15) is 0 Å². The summed E-state index contributed by atoms with van der Waals surface area (Å²) in [5, 5.41) is 4.50. The second-order valence-corrected chi connectivity index (χ2v) is 6.94. The summed E-state index contributed by atoms with van der Waals surface area (Å²) in [6.45, 7) is 1.36. The maximum atomic E-state index is 12.6. The summed E-state index contributed by atoms with van der Waals surface area (Å²) in [5.41, 5.74) is 2.59. The second-order valence-electron chi connectivity index (χ2n) is 6.50. The van der Waals surface area contributed by atoms with E-state index in [0.717, 1.165) is 16.5 Å². The van der Waals surface area contributed by atoms with Crippen LogP contribution in [0.5, 0.6) is 0 Å². The predicted octanol–water partition coefficient (Wildman–Crippen LogP) is 3.21. The second kappa shape index (κ2) is 6.84. The zero-order valence-corrected chi connectivity index (χ0v) is 14.8. The van der Waals surface area contributed by atoms with Gasteiger partial charge in [-0.15, -0.1) is 0 Å². The van der Waals surface area contributed by atoms with Crippen molar-refractivity contribution >= 4 is 34.3 Å². The molecule has 1 saturated heterocycles. The lowest BCUT2D eigenvalue weighted by atomic mass is 9.97. The van der Waals surface area contributed by atoms with Crippen LogP contribution < -0.4 is 5.32 Å². The van der Waals surface area contributed by atoms with Gasteiger partial charge >= 0.3 is 0 Å². The number of hydrogen-bond donors (Lipinski definition) is 2. The molecule has 3 aromatic rings. The van der Waals surface area contributed by atoms with Crippen LogP contribution in [0.4, 0.5) is 0 Å². The number of hydrogen-bond acceptors (Lipinski definition) is 2. The Kier molecular flexibility index (Phi) is 4.39. The van der Waals surface area contributed by atoms with E-state index in [4.69, 9.17) is 11.6 Å². The number of rotatable bonds is 4. The van der Waals surface area contributed by atoms with E-state index in [1.165, 1.54) is 0 Å². The first-order chi connectivity index (χ1) is 12.6. The molecule has 26 heavy (non-hydrogen) atoms. The van der Waals surface area contributed by atoms with E-state index >= 15 is 0 Å². The molecule has 1 fully saturated rings. The number of para-hydroxylation sites is 1. The summed E-state index contributed by atoms with van der Waals surface area (Å²) in [6.07, 6.45) is 1.74. The lowest BCUT2D eigenvalue weighted by Gasteiger charge is -2.38. The molecule has 2 heterocycles. The van der Waals surface area contributed by atoms with Gasteiger partial charge in [0.2, 0.25) is 5.91 Å². The number of amides is 2. The van der Waals surface area contributed by atoms with Crippen molar-refractivity contribution in [3.05, 3.63) is 70.9 Å². The number of likely N-dealkylation sites (tertiary alicyclic amines) is 1. The van der Waals surface area contributed by atoms with Crippen LogP contribution in [0, 0.1) is 5.92 Å². The van der Waals surface area contributed by atoms with Gasteiger partial charge in [-0.25, -0.2) is 0 Å². The quantitative estimate of drug-likeness (QED) is 0.743. The fourth-order valence-electron chi connectivity index (χ4n) is 3.16. The molecule has 0 aliphatic carbocycles. The number of fused-ring (bicyclic) bond motifs is 1. The first kappa shape index (κ1) is 16.7. The lowest BCUT2D eigenvalue weighted by molar-refractivity contribution is -0.129. The van der Waals surface area contributed by atoms with Crippen molar-refractivity contribution in [1.29, 1.82) is 0 Å². The molecule has 0 unspecified atom stereocenters. The highest BCUT2D eigenvalue weighted by Gasteiger charge is 2.36. The van der Waals surface area contributed by atoms with Crippen LogP contribution in [0.15, 0.2) is 54.7 Å². The standard InChI is InChI=1S/C20H18ClN3O2/c21-15-7-5-13(6-8-15)9-23-19(25)14-11-24(12-14)20(26)17-10-22-18-4-2-1-3-16(17)18/h1-8,10,14,22H,9,11-12H2,(H,23,25). The van der Waals surface area contributed by atoms with Crippen molar-refractivity contribution in [2.24, 2.45) is 5.92 Å². The van der Waals surface area contributed by atoms with Crippen molar-refractivity contribution in [3.63, 3.8) is 0 Å². The Labute approximate surface area is 155 Å². The topological polar surface area (TPSA) is 65.2 Å². The molecular weight excluding hydrogens is 350 g/mol. The largest absolute Gasteiger partial charge is 0.360 e. The third-order valence-corrected chi connectivity index (χ3v) is 4.99. The number of H-pyrrole nitrogens is 1. The van der Waals surface area contributed by atoms with Gasteiger partial charge in [0.05, 0.1) is 11.5 Å². The number of nitrogens with zero attached hydrogens (tertiary/aromatic N) is 1. The monoisotopic (exact) mass is 367 g/mol. The van der Waals surface area contributed by atoms with Crippen LogP contribution in [0.2, 0.25) is 5.02 Å². The van der Waals surface area contributed by atoms with Gasteiger partial charge in [0, 0.05) is 41.8 Å². The fraction of sp³-hybridized carbons (Fsp3) is 0.200. The first-order valence-corrected chi connectivity index (χ1v) is 8.87. The Morgan fingerprint density at radius 3 is 2.62 bits per heavy atom. The van der Waals surface area contributed by atoms with E-state index in [1.807, 2.05) is 36.4 Å². The van der Waals surface area contributed by atoms with E-state index in [2.05, 4.69) is 10.3 Å². The molecule has 132 valence electrons. The Balaban J connectivity index is 1.32. The third-order valence-electron chi connectivity index (χ3n) is 4.74. The van der Waals surface area contributed by atoms with Crippen molar-refractivity contribution in [3.8, 4) is 0 Å². The van der Waals surface area contributed by atoms with Crippen molar-refractivity contribution < 1.29 is 9.59 Å². The SMILES string of the molecule is O=C(NCc1ccc(Cl)cc1)C1CN(C(=O)c2c[nH]c3ccccc23)C1. The molecule has 0 saturated carbocycles. The first-order valence-electron chi connectivity index (χ1n) is 8.49. The highest BCUT2D eigenvalue weighted by Crippen LogP contribution is 2.24. The van der Waals surface area contributed by atoms with Crippen molar-refractivity contribution in [2.75, 3.05) is 13.1 Å². The Bertz CT molecular complexity index is 959. The van der Waals surface area contributed by atoms with Gasteiger partial charge in [-0.1, -0.05) is 41.9 Å². The van der Waals surface area contributed by atoms with Gasteiger partial charge in [-0.3, -0.25) is 9.59 Å². The van der Waals surface area contributed by atoms with Crippen LogP contribution >= 0.6 is 11.6 Å². The summed E-state index contributed by atoms with van der Waals surface area (Å²) >= 11 is 5.85. The van der Waals surface area contributed by atoms with Crippen molar-refractivity contribution in [1.82, 2.24) is 15.2 Å². The molecule has 4 rings (SSSR count). The van der Waals surface area contributed by atoms with E-state index in [0.29, 0.717) is 30.2 Å². The molecule has 0 spiro atoms.